The van der Waals surface area contributed by atoms with Gasteiger partial charge in [-0.15, -0.1) is 0 Å². The van der Waals surface area contributed by atoms with Gasteiger partial charge >= 0.3 is 0 Å². The number of hydrogen-bond acceptors (Lipinski definition) is 7. The number of hydrogen-bond donors (Lipinski definition) is 5. The first-order valence-electron chi connectivity index (χ1n) is 11.9. The van der Waals surface area contributed by atoms with Crippen LogP contribution in [0.1, 0.15) is 32.8 Å². The molecular weight excluding hydrogens is 476 g/mol. The van der Waals surface area contributed by atoms with Crippen LogP contribution < -0.4 is 16.1 Å². The molecule has 1 saturated heterocycles. The number of benzene rings is 1. The summed E-state index contributed by atoms with van der Waals surface area (Å²) in [6.07, 6.45) is 0.115. The summed E-state index contributed by atoms with van der Waals surface area (Å²) < 4.78 is 5.33. The van der Waals surface area contributed by atoms with Gasteiger partial charge in [-0.2, -0.15) is 0 Å². The highest BCUT2D eigenvalue weighted by atomic mass is 35.5. The number of morpholine rings is 1. The first-order valence-corrected chi connectivity index (χ1v) is 12.2. The van der Waals surface area contributed by atoms with Crippen LogP contribution in [0.5, 0.6) is 0 Å². The van der Waals surface area contributed by atoms with Crippen molar-refractivity contribution in [3.63, 3.8) is 0 Å². The van der Waals surface area contributed by atoms with E-state index < -0.39 is 35.3 Å². The van der Waals surface area contributed by atoms with Gasteiger partial charge in [0.05, 0.1) is 19.1 Å². The monoisotopic (exact) mass is 512 g/mol. The van der Waals surface area contributed by atoms with E-state index >= 15 is 0 Å². The summed E-state index contributed by atoms with van der Waals surface area (Å²) >= 11 is 5.97. The van der Waals surface area contributed by atoms with Crippen LogP contribution in [0, 0.1) is 11.8 Å². The lowest BCUT2D eigenvalue weighted by atomic mass is 9.80. The number of amides is 3. The molecule has 0 bridgehead atoms. The molecule has 0 saturated carbocycles. The second-order valence-electron chi connectivity index (χ2n) is 9.32. The summed E-state index contributed by atoms with van der Waals surface area (Å²) in [7, 11) is 0. The summed E-state index contributed by atoms with van der Waals surface area (Å²) in [6.45, 7) is 8.84. The summed E-state index contributed by atoms with van der Waals surface area (Å²) in [6, 6.07) is 5.88. The smallest absolute Gasteiger partial charge is 0.253 e. The maximum atomic E-state index is 13.3. The lowest BCUT2D eigenvalue weighted by Crippen LogP contribution is -2.60. The fraction of sp³-hybridized carbons (Fsp3) is 0.625. The number of carbonyl (C=O) groups excluding carboxylic acids is 3. The van der Waals surface area contributed by atoms with E-state index in [1.807, 2.05) is 0 Å². The van der Waals surface area contributed by atoms with E-state index in [4.69, 9.17) is 21.5 Å². The second-order valence-corrected chi connectivity index (χ2v) is 9.76. The maximum absolute atomic E-state index is 13.3. The molecule has 1 aliphatic rings. The topological polar surface area (TPSA) is 140 Å². The normalized spacial score (nSPS) is 17.8. The van der Waals surface area contributed by atoms with Crippen molar-refractivity contribution >= 4 is 29.3 Å². The molecule has 196 valence electrons. The van der Waals surface area contributed by atoms with Crippen LogP contribution in [-0.2, 0) is 25.5 Å². The van der Waals surface area contributed by atoms with Gasteiger partial charge < -0.3 is 20.5 Å². The first kappa shape index (κ1) is 29.0. The molecule has 0 aromatic heterocycles. The molecule has 1 heterocycles. The highest BCUT2D eigenvalue weighted by Gasteiger charge is 2.46. The van der Waals surface area contributed by atoms with E-state index in [0.717, 1.165) is 18.7 Å². The van der Waals surface area contributed by atoms with E-state index in [1.165, 1.54) is 12.4 Å². The van der Waals surface area contributed by atoms with Crippen molar-refractivity contribution in [1.82, 2.24) is 21.0 Å². The van der Waals surface area contributed by atoms with E-state index in [0.29, 0.717) is 31.3 Å². The van der Waals surface area contributed by atoms with Crippen molar-refractivity contribution in [2.24, 2.45) is 11.8 Å². The quantitative estimate of drug-likeness (QED) is 0.205. The van der Waals surface area contributed by atoms with Crippen LogP contribution in [0.15, 0.2) is 24.3 Å². The maximum Gasteiger partial charge on any atom is 0.253 e. The molecule has 2 unspecified atom stereocenters. The van der Waals surface area contributed by atoms with Crippen molar-refractivity contribution in [2.45, 2.75) is 45.3 Å². The average Bonchev–Trinajstić information content (AvgIpc) is 2.83. The van der Waals surface area contributed by atoms with E-state index in [9.17, 15) is 19.5 Å². The third-order valence-corrected chi connectivity index (χ3v) is 6.39. The molecule has 1 fully saturated rings. The Labute approximate surface area is 211 Å². The number of rotatable bonds is 12. The van der Waals surface area contributed by atoms with Crippen molar-refractivity contribution in [3.8, 4) is 0 Å². The highest BCUT2D eigenvalue weighted by molar-refractivity contribution is 6.30. The number of carbonyl (C=O) groups is 3. The molecule has 1 aromatic rings. The van der Waals surface area contributed by atoms with Gasteiger partial charge in [-0.05, 0) is 30.0 Å². The molecule has 3 amide bonds. The van der Waals surface area contributed by atoms with Crippen LogP contribution in [0.3, 0.4) is 0 Å². The Kier molecular flexibility index (Phi) is 11.4. The third kappa shape index (κ3) is 8.73. The molecule has 11 heteroatoms. The van der Waals surface area contributed by atoms with E-state index in [-0.39, 0.29) is 18.8 Å². The molecule has 0 aliphatic carbocycles. The highest BCUT2D eigenvalue weighted by Crippen LogP contribution is 2.27. The van der Waals surface area contributed by atoms with Gasteiger partial charge in [0.2, 0.25) is 11.8 Å². The fourth-order valence-electron chi connectivity index (χ4n) is 4.04. The van der Waals surface area contributed by atoms with Crippen LogP contribution in [0.25, 0.3) is 0 Å². The molecule has 0 radical (unpaired) electrons. The van der Waals surface area contributed by atoms with Crippen LogP contribution in [0.2, 0.25) is 5.02 Å². The molecular formula is C24H37ClN4O6. The largest absolute Gasteiger partial charge is 0.379 e. The number of halogens is 1. The van der Waals surface area contributed by atoms with E-state index in [1.54, 1.807) is 38.1 Å². The Balaban J connectivity index is 2.17. The lowest BCUT2D eigenvalue weighted by molar-refractivity contribution is -0.159. The minimum Gasteiger partial charge on any atom is -0.379 e. The van der Waals surface area contributed by atoms with Crippen LogP contribution >= 0.6 is 11.6 Å². The van der Waals surface area contributed by atoms with E-state index in [2.05, 4.69) is 15.5 Å². The minimum absolute atomic E-state index is 0.0419. The zero-order chi connectivity index (χ0) is 26.0. The number of ether oxygens (including phenoxy) is 1. The number of hydroxylamine groups is 1. The molecule has 1 aliphatic heterocycles. The van der Waals surface area contributed by atoms with Gasteiger partial charge in [-0.1, -0.05) is 44.5 Å². The Morgan fingerprint density at radius 1 is 1.11 bits per heavy atom. The van der Waals surface area contributed by atoms with Crippen LogP contribution in [0.4, 0.5) is 0 Å². The van der Waals surface area contributed by atoms with Crippen molar-refractivity contribution in [2.75, 3.05) is 39.4 Å². The third-order valence-electron chi connectivity index (χ3n) is 6.14. The fourth-order valence-corrected chi connectivity index (χ4v) is 4.16. The molecule has 0 spiro atoms. The molecule has 3 atom stereocenters. The van der Waals surface area contributed by atoms with Crippen molar-refractivity contribution in [3.05, 3.63) is 34.9 Å². The van der Waals surface area contributed by atoms with Gasteiger partial charge in [-0.3, -0.25) is 24.5 Å². The standard InChI is InChI=1S/C24H37ClN4O6/c1-16(2)15-24(33,17(3)21(30)28-34)23(32)27-20(14-18-4-6-19(25)7-5-18)22(31)26-8-9-29-10-12-35-13-11-29/h4-7,16-17,20,33-34H,8-15H2,1-3H3,(H,26,31)(H,27,32)(H,28,30)/t17?,20?,24-/m0/s1. The molecule has 35 heavy (non-hydrogen) atoms. The van der Waals surface area contributed by atoms with Crippen molar-refractivity contribution in [1.29, 1.82) is 0 Å². The van der Waals surface area contributed by atoms with Gasteiger partial charge in [0.25, 0.3) is 5.91 Å². The van der Waals surface area contributed by atoms with Gasteiger partial charge in [-0.25, -0.2) is 5.48 Å². The summed E-state index contributed by atoms with van der Waals surface area (Å²) in [5.74, 6) is -3.56. The zero-order valence-electron chi connectivity index (χ0n) is 20.6. The first-order chi connectivity index (χ1) is 16.6. The van der Waals surface area contributed by atoms with Crippen molar-refractivity contribution < 1.29 is 29.4 Å². The van der Waals surface area contributed by atoms with Gasteiger partial charge in [0.1, 0.15) is 6.04 Å². The average molecular weight is 513 g/mol. The molecule has 2 rings (SSSR count). The van der Waals surface area contributed by atoms with Gasteiger partial charge in [0, 0.05) is 37.6 Å². The zero-order valence-corrected chi connectivity index (χ0v) is 21.3. The van der Waals surface area contributed by atoms with Gasteiger partial charge in [0.15, 0.2) is 5.60 Å². The predicted molar refractivity (Wildman–Crippen MR) is 131 cm³/mol. The molecule has 5 N–H and O–H groups in total. The summed E-state index contributed by atoms with van der Waals surface area (Å²) in [5.41, 5.74) is 0.124. The number of nitrogens with zero attached hydrogens (tertiary/aromatic N) is 1. The minimum atomic E-state index is -2.13. The predicted octanol–water partition coefficient (Wildman–Crippen LogP) is 0.734. The second kappa shape index (κ2) is 13.7. The Morgan fingerprint density at radius 3 is 2.31 bits per heavy atom. The molecule has 1 aromatic carbocycles. The Morgan fingerprint density at radius 2 is 1.74 bits per heavy atom. The summed E-state index contributed by atoms with van der Waals surface area (Å²) in [4.78, 5) is 40.6. The van der Waals surface area contributed by atoms with Crippen LogP contribution in [-0.4, -0.2) is 84.0 Å². The molecule has 10 nitrogen and oxygen atoms in total. The Bertz CT molecular complexity index is 847. The summed E-state index contributed by atoms with van der Waals surface area (Å²) in [5, 5.41) is 26.3. The number of nitrogens with one attached hydrogen (secondary N) is 3. The lowest BCUT2D eigenvalue weighted by Gasteiger charge is -2.34. The Hall–Kier alpha value is -2.24. The number of aliphatic hydroxyl groups is 1. The SMILES string of the molecule is CC(C)C[C@@](O)(C(=O)NC(Cc1ccc(Cl)cc1)C(=O)NCCN1CCOCC1)C(C)C(=O)NO.